The van der Waals surface area contributed by atoms with Gasteiger partial charge in [0.05, 0.1) is 0 Å². The fourth-order valence-corrected chi connectivity index (χ4v) is 1.58. The number of alkyl halides is 2. The van der Waals surface area contributed by atoms with E-state index in [1.807, 2.05) is 6.07 Å². The molecule has 0 aromatic heterocycles. The van der Waals surface area contributed by atoms with Crippen molar-refractivity contribution in [1.29, 1.82) is 0 Å². The third-order valence-electron chi connectivity index (χ3n) is 2.35. The van der Waals surface area contributed by atoms with Gasteiger partial charge in [-0.2, -0.15) is 0 Å². The lowest BCUT2D eigenvalue weighted by Gasteiger charge is -2.16. The number of rotatable bonds is 5. The third-order valence-corrected chi connectivity index (χ3v) is 2.35. The molecule has 2 N–H and O–H groups in total. The van der Waals surface area contributed by atoms with Crippen LogP contribution in [-0.2, 0) is 12.3 Å². The van der Waals surface area contributed by atoms with Crippen LogP contribution >= 0.6 is 0 Å². The van der Waals surface area contributed by atoms with E-state index in [9.17, 15) is 8.78 Å². The van der Waals surface area contributed by atoms with Gasteiger partial charge in [-0.05, 0) is 24.6 Å². The van der Waals surface area contributed by atoms with Crippen molar-refractivity contribution in [3.05, 3.63) is 35.4 Å². The lowest BCUT2D eigenvalue weighted by Crippen LogP contribution is -2.13. The van der Waals surface area contributed by atoms with Gasteiger partial charge in [-0.25, -0.2) is 8.78 Å². The first kappa shape index (κ1) is 12.1. The molecule has 1 aromatic rings. The maximum absolute atomic E-state index is 13.5. The van der Waals surface area contributed by atoms with Crippen LogP contribution in [0.3, 0.4) is 0 Å². The molecule has 1 aromatic carbocycles. The van der Waals surface area contributed by atoms with E-state index in [0.717, 1.165) is 5.56 Å². The molecule has 0 radical (unpaired) electrons. The van der Waals surface area contributed by atoms with Crippen molar-refractivity contribution in [2.45, 2.75) is 32.1 Å². The van der Waals surface area contributed by atoms with Gasteiger partial charge in [-0.3, -0.25) is 0 Å². The SMILES string of the molecule is CCCC(F)(F)c1cccc(CCN)c1. The zero-order valence-corrected chi connectivity index (χ0v) is 8.97. The first-order chi connectivity index (χ1) is 7.10. The molecule has 0 unspecified atom stereocenters. The van der Waals surface area contributed by atoms with E-state index in [1.54, 1.807) is 19.1 Å². The third kappa shape index (κ3) is 3.27. The molecular weight excluding hydrogens is 196 g/mol. The second kappa shape index (κ2) is 5.21. The smallest absolute Gasteiger partial charge is 0.273 e. The van der Waals surface area contributed by atoms with Crippen LogP contribution in [0.1, 0.15) is 30.9 Å². The Balaban J connectivity index is 2.88. The Morgan fingerprint density at radius 1 is 1.33 bits per heavy atom. The second-order valence-corrected chi connectivity index (χ2v) is 3.69. The second-order valence-electron chi connectivity index (χ2n) is 3.69. The molecule has 0 saturated heterocycles. The van der Waals surface area contributed by atoms with Crippen molar-refractivity contribution < 1.29 is 8.78 Å². The first-order valence-electron chi connectivity index (χ1n) is 5.27. The zero-order valence-electron chi connectivity index (χ0n) is 8.97. The van der Waals surface area contributed by atoms with E-state index >= 15 is 0 Å². The monoisotopic (exact) mass is 213 g/mol. The topological polar surface area (TPSA) is 26.0 Å². The summed E-state index contributed by atoms with van der Waals surface area (Å²) in [7, 11) is 0. The maximum Gasteiger partial charge on any atom is 0.273 e. The Hall–Kier alpha value is -0.960. The van der Waals surface area contributed by atoms with Gasteiger partial charge in [0.15, 0.2) is 0 Å². The summed E-state index contributed by atoms with van der Waals surface area (Å²) in [4.78, 5) is 0. The molecule has 0 saturated carbocycles. The fourth-order valence-electron chi connectivity index (χ4n) is 1.58. The molecule has 3 heteroatoms. The Bertz CT molecular complexity index is 310. The van der Waals surface area contributed by atoms with Gasteiger partial charge in [0, 0.05) is 12.0 Å². The van der Waals surface area contributed by atoms with Gasteiger partial charge < -0.3 is 5.73 Å². The van der Waals surface area contributed by atoms with Crippen molar-refractivity contribution in [3.8, 4) is 0 Å². The Morgan fingerprint density at radius 3 is 2.67 bits per heavy atom. The van der Waals surface area contributed by atoms with Gasteiger partial charge in [0.25, 0.3) is 5.92 Å². The van der Waals surface area contributed by atoms with E-state index in [2.05, 4.69) is 0 Å². The van der Waals surface area contributed by atoms with Gasteiger partial charge in [-0.15, -0.1) is 0 Å². The summed E-state index contributed by atoms with van der Waals surface area (Å²) in [5.41, 5.74) is 6.38. The average molecular weight is 213 g/mol. The number of benzene rings is 1. The van der Waals surface area contributed by atoms with Crippen LogP contribution in [-0.4, -0.2) is 6.54 Å². The summed E-state index contributed by atoms with van der Waals surface area (Å²) in [6, 6.07) is 6.54. The Morgan fingerprint density at radius 2 is 2.07 bits per heavy atom. The van der Waals surface area contributed by atoms with Crippen molar-refractivity contribution in [2.24, 2.45) is 5.73 Å². The van der Waals surface area contributed by atoms with Crippen LogP contribution in [0.25, 0.3) is 0 Å². The van der Waals surface area contributed by atoms with Gasteiger partial charge in [0.2, 0.25) is 0 Å². The van der Waals surface area contributed by atoms with E-state index in [0.29, 0.717) is 19.4 Å². The summed E-state index contributed by atoms with van der Waals surface area (Å²) in [5, 5.41) is 0. The standard InChI is InChI=1S/C12H17F2N/c1-2-7-12(13,14)11-5-3-4-10(9-11)6-8-15/h3-5,9H,2,6-8,15H2,1H3. The summed E-state index contributed by atoms with van der Waals surface area (Å²) >= 11 is 0. The minimum absolute atomic E-state index is 0.0981. The molecule has 15 heavy (non-hydrogen) atoms. The van der Waals surface area contributed by atoms with Crippen LogP contribution in [0.4, 0.5) is 8.78 Å². The number of hydrogen-bond donors (Lipinski definition) is 1. The molecule has 0 atom stereocenters. The Labute approximate surface area is 89.3 Å². The zero-order chi connectivity index (χ0) is 11.3. The highest BCUT2D eigenvalue weighted by Gasteiger charge is 2.29. The summed E-state index contributed by atoms with van der Waals surface area (Å²) in [6.07, 6.45) is 1.03. The molecule has 0 aliphatic heterocycles. The quantitative estimate of drug-likeness (QED) is 0.799. The maximum atomic E-state index is 13.5. The van der Waals surface area contributed by atoms with Crippen LogP contribution in [0.2, 0.25) is 0 Å². The molecular formula is C12H17F2N. The van der Waals surface area contributed by atoms with Gasteiger partial charge in [-0.1, -0.05) is 31.5 Å². The molecule has 0 bridgehead atoms. The summed E-state index contributed by atoms with van der Waals surface area (Å²) in [6.45, 7) is 2.25. The molecule has 0 spiro atoms. The van der Waals surface area contributed by atoms with Crippen LogP contribution < -0.4 is 5.73 Å². The molecule has 84 valence electrons. The lowest BCUT2D eigenvalue weighted by atomic mass is 10.0. The van der Waals surface area contributed by atoms with E-state index in [1.165, 1.54) is 6.07 Å². The molecule has 0 aliphatic rings. The van der Waals surface area contributed by atoms with E-state index in [4.69, 9.17) is 5.73 Å². The average Bonchev–Trinajstić information content (AvgIpc) is 2.19. The predicted octanol–water partition coefficient (Wildman–Crippen LogP) is 3.08. The minimum Gasteiger partial charge on any atom is -0.330 e. The Kier molecular flexibility index (Phi) is 4.21. The van der Waals surface area contributed by atoms with E-state index < -0.39 is 5.92 Å². The molecule has 1 rings (SSSR count). The van der Waals surface area contributed by atoms with Gasteiger partial charge >= 0.3 is 0 Å². The summed E-state index contributed by atoms with van der Waals surface area (Å²) in [5.74, 6) is -2.71. The first-order valence-corrected chi connectivity index (χ1v) is 5.27. The highest BCUT2D eigenvalue weighted by atomic mass is 19.3. The normalized spacial score (nSPS) is 11.7. The number of hydrogen-bond acceptors (Lipinski definition) is 1. The van der Waals surface area contributed by atoms with Gasteiger partial charge in [0.1, 0.15) is 0 Å². The molecule has 0 aliphatic carbocycles. The molecule has 0 amide bonds. The fraction of sp³-hybridized carbons (Fsp3) is 0.500. The van der Waals surface area contributed by atoms with Crippen LogP contribution in [0, 0.1) is 0 Å². The lowest BCUT2D eigenvalue weighted by molar-refractivity contribution is -0.0140. The summed E-state index contributed by atoms with van der Waals surface area (Å²) < 4.78 is 27.1. The van der Waals surface area contributed by atoms with Crippen LogP contribution in [0.15, 0.2) is 24.3 Å². The van der Waals surface area contributed by atoms with E-state index in [-0.39, 0.29) is 12.0 Å². The van der Waals surface area contributed by atoms with Crippen molar-refractivity contribution in [1.82, 2.24) is 0 Å². The highest BCUT2D eigenvalue weighted by Crippen LogP contribution is 2.33. The number of nitrogens with two attached hydrogens (primary N) is 1. The van der Waals surface area contributed by atoms with Crippen molar-refractivity contribution in [2.75, 3.05) is 6.54 Å². The highest BCUT2D eigenvalue weighted by molar-refractivity contribution is 5.27. The van der Waals surface area contributed by atoms with Crippen molar-refractivity contribution >= 4 is 0 Å². The number of halogens is 2. The predicted molar refractivity (Wildman–Crippen MR) is 58.0 cm³/mol. The minimum atomic E-state index is -2.71. The largest absolute Gasteiger partial charge is 0.330 e. The molecule has 1 nitrogen and oxygen atoms in total. The van der Waals surface area contributed by atoms with Crippen molar-refractivity contribution in [3.63, 3.8) is 0 Å². The molecule has 0 fully saturated rings. The van der Waals surface area contributed by atoms with Crippen LogP contribution in [0.5, 0.6) is 0 Å². The molecule has 0 heterocycles.